The van der Waals surface area contributed by atoms with Crippen LogP contribution in [0.15, 0.2) is 18.5 Å². The van der Waals surface area contributed by atoms with Crippen molar-refractivity contribution in [3.05, 3.63) is 40.6 Å². The van der Waals surface area contributed by atoms with Gasteiger partial charge < -0.3 is 10.1 Å². The SMILES string of the molecule is Cc1cnc(C)c(-n2nc3c(c2C)Nc2ncc4c(Cl)nn(c4n2)C[C@@H](F)CO3)c1. The Balaban J connectivity index is 1.67. The van der Waals surface area contributed by atoms with Crippen LogP contribution in [0, 0.1) is 20.8 Å². The highest BCUT2D eigenvalue weighted by Gasteiger charge is 2.24. The summed E-state index contributed by atoms with van der Waals surface area (Å²) >= 11 is 6.15. The Bertz CT molecular complexity index is 1280. The molecular weight excluding hydrogens is 411 g/mol. The first-order valence-corrected chi connectivity index (χ1v) is 9.74. The Morgan fingerprint density at radius 1 is 1.20 bits per heavy atom. The summed E-state index contributed by atoms with van der Waals surface area (Å²) in [6.45, 7) is 5.51. The normalized spacial score (nSPS) is 16.1. The largest absolute Gasteiger partial charge is 0.472 e. The van der Waals surface area contributed by atoms with Gasteiger partial charge in [-0.1, -0.05) is 11.6 Å². The number of hydrogen-bond donors (Lipinski definition) is 1. The molecule has 0 aromatic carbocycles. The molecule has 5 rings (SSSR count). The minimum Gasteiger partial charge on any atom is -0.472 e. The number of alkyl halides is 1. The third kappa shape index (κ3) is 3.04. The van der Waals surface area contributed by atoms with E-state index in [2.05, 4.69) is 30.5 Å². The molecule has 0 saturated carbocycles. The predicted molar refractivity (Wildman–Crippen MR) is 110 cm³/mol. The smallest absolute Gasteiger partial charge is 0.257 e. The van der Waals surface area contributed by atoms with Crippen molar-refractivity contribution < 1.29 is 9.13 Å². The van der Waals surface area contributed by atoms with Crippen LogP contribution in [0.25, 0.3) is 16.7 Å². The van der Waals surface area contributed by atoms with E-state index < -0.39 is 6.17 Å². The summed E-state index contributed by atoms with van der Waals surface area (Å²) in [5, 5.41) is 12.7. The number of rotatable bonds is 1. The molecule has 154 valence electrons. The Morgan fingerprint density at radius 3 is 2.87 bits per heavy atom. The summed E-state index contributed by atoms with van der Waals surface area (Å²) in [4.78, 5) is 13.2. The van der Waals surface area contributed by atoms with E-state index >= 15 is 0 Å². The van der Waals surface area contributed by atoms with E-state index in [0.717, 1.165) is 22.6 Å². The van der Waals surface area contributed by atoms with Crippen LogP contribution in [0.5, 0.6) is 5.88 Å². The van der Waals surface area contributed by atoms with E-state index in [0.29, 0.717) is 22.7 Å². The third-order valence-electron chi connectivity index (χ3n) is 4.96. The van der Waals surface area contributed by atoms with Gasteiger partial charge in [-0.25, -0.2) is 18.7 Å². The molecule has 30 heavy (non-hydrogen) atoms. The zero-order valence-electron chi connectivity index (χ0n) is 16.5. The first-order chi connectivity index (χ1) is 14.4. The molecule has 1 N–H and O–H groups in total. The highest BCUT2D eigenvalue weighted by molar-refractivity contribution is 6.34. The van der Waals surface area contributed by atoms with Gasteiger partial charge in [0.1, 0.15) is 12.3 Å². The molecule has 0 spiro atoms. The maximum Gasteiger partial charge on any atom is 0.257 e. The molecule has 5 heterocycles. The lowest BCUT2D eigenvalue weighted by Gasteiger charge is -2.09. The first-order valence-electron chi connectivity index (χ1n) is 9.37. The van der Waals surface area contributed by atoms with Crippen molar-refractivity contribution in [2.24, 2.45) is 0 Å². The highest BCUT2D eigenvalue weighted by atomic mass is 35.5. The molecule has 0 aliphatic carbocycles. The molecule has 9 nitrogen and oxygen atoms in total. The molecule has 1 atom stereocenters. The number of halogens is 2. The van der Waals surface area contributed by atoms with Crippen LogP contribution in [-0.4, -0.2) is 47.3 Å². The number of hydrogen-bond acceptors (Lipinski definition) is 7. The molecule has 4 aromatic rings. The number of aryl methyl sites for hydroxylation is 2. The predicted octanol–water partition coefficient (Wildman–Crippen LogP) is 3.46. The molecule has 1 aliphatic rings. The Morgan fingerprint density at radius 2 is 2.03 bits per heavy atom. The number of pyridine rings is 1. The van der Waals surface area contributed by atoms with Crippen LogP contribution in [0.2, 0.25) is 5.15 Å². The highest BCUT2D eigenvalue weighted by Crippen LogP contribution is 2.33. The van der Waals surface area contributed by atoms with Crippen LogP contribution >= 0.6 is 11.6 Å². The zero-order valence-corrected chi connectivity index (χ0v) is 17.3. The first kappa shape index (κ1) is 18.7. The number of fused-ring (bicyclic) bond motifs is 2. The zero-order chi connectivity index (χ0) is 21.0. The van der Waals surface area contributed by atoms with Crippen LogP contribution in [0.4, 0.5) is 16.0 Å². The molecule has 1 aliphatic heterocycles. The van der Waals surface area contributed by atoms with Gasteiger partial charge in [-0.2, -0.15) is 10.1 Å². The van der Waals surface area contributed by atoms with Gasteiger partial charge in [0, 0.05) is 12.4 Å². The maximum absolute atomic E-state index is 14.7. The van der Waals surface area contributed by atoms with Crippen molar-refractivity contribution in [1.82, 2.24) is 34.5 Å². The number of anilines is 2. The molecule has 4 aromatic heterocycles. The van der Waals surface area contributed by atoms with Gasteiger partial charge >= 0.3 is 0 Å². The fraction of sp³-hybridized carbons (Fsp3) is 0.316. The average Bonchev–Trinajstić information content (AvgIpc) is 3.18. The summed E-state index contributed by atoms with van der Waals surface area (Å²) < 4.78 is 23.6. The second kappa shape index (κ2) is 6.91. The molecule has 2 bridgehead atoms. The molecular formula is C19H18ClFN8O. The number of ether oxygens (including phenoxy) is 1. The van der Waals surface area contributed by atoms with Gasteiger partial charge in [0.2, 0.25) is 5.95 Å². The average molecular weight is 429 g/mol. The van der Waals surface area contributed by atoms with Crippen LogP contribution in [0.3, 0.4) is 0 Å². The Kier molecular flexibility index (Phi) is 4.31. The van der Waals surface area contributed by atoms with Crippen LogP contribution in [-0.2, 0) is 6.54 Å². The van der Waals surface area contributed by atoms with Crippen LogP contribution in [0.1, 0.15) is 17.0 Å². The minimum absolute atomic E-state index is 0.0460. The van der Waals surface area contributed by atoms with Gasteiger partial charge in [-0.15, -0.1) is 5.10 Å². The van der Waals surface area contributed by atoms with Crippen molar-refractivity contribution in [3.8, 4) is 11.6 Å². The van der Waals surface area contributed by atoms with Crippen molar-refractivity contribution in [3.63, 3.8) is 0 Å². The summed E-state index contributed by atoms with van der Waals surface area (Å²) in [6, 6.07) is 1.99. The van der Waals surface area contributed by atoms with Gasteiger partial charge in [0.15, 0.2) is 17.0 Å². The van der Waals surface area contributed by atoms with Gasteiger partial charge in [-0.05, 0) is 32.4 Å². The van der Waals surface area contributed by atoms with E-state index in [1.165, 1.54) is 4.68 Å². The second-order valence-electron chi connectivity index (χ2n) is 7.23. The minimum atomic E-state index is -1.33. The standard InChI is InChI=1S/C19H18ClFN8O/c1-9-4-14(10(2)22-5-9)29-11(3)15-18(27-29)30-8-12(21)7-28-17-13(16(20)26-28)6-23-19(24-15)25-17/h4-6,12H,7-8H2,1-3H3,(H,23,24,25)/t12-/m1/s1. The molecule has 0 radical (unpaired) electrons. The van der Waals surface area contributed by atoms with Crippen molar-refractivity contribution in [2.45, 2.75) is 33.5 Å². The van der Waals surface area contributed by atoms with E-state index in [-0.39, 0.29) is 24.2 Å². The summed E-state index contributed by atoms with van der Waals surface area (Å²) in [5.41, 5.74) is 4.39. The maximum atomic E-state index is 14.7. The van der Waals surface area contributed by atoms with E-state index in [1.807, 2.05) is 26.8 Å². The van der Waals surface area contributed by atoms with E-state index in [9.17, 15) is 4.39 Å². The fourth-order valence-electron chi connectivity index (χ4n) is 3.42. The number of aromatic nitrogens is 7. The quantitative estimate of drug-likeness (QED) is 0.496. The lowest BCUT2D eigenvalue weighted by atomic mass is 10.2. The molecule has 0 saturated heterocycles. The molecule has 0 fully saturated rings. The van der Waals surface area contributed by atoms with Gasteiger partial charge in [0.25, 0.3) is 5.88 Å². The Hall–Kier alpha value is -3.27. The number of nitrogens with one attached hydrogen (secondary N) is 1. The monoisotopic (exact) mass is 428 g/mol. The summed E-state index contributed by atoms with van der Waals surface area (Å²) in [6.07, 6.45) is 2.03. The third-order valence-corrected chi connectivity index (χ3v) is 5.24. The summed E-state index contributed by atoms with van der Waals surface area (Å²) in [7, 11) is 0. The second-order valence-corrected chi connectivity index (χ2v) is 7.59. The molecule has 11 heteroatoms. The van der Waals surface area contributed by atoms with E-state index in [1.54, 1.807) is 17.1 Å². The Labute approximate surface area is 175 Å². The number of nitrogens with zero attached hydrogens (tertiary/aromatic N) is 7. The van der Waals surface area contributed by atoms with Crippen molar-refractivity contribution >= 4 is 34.3 Å². The van der Waals surface area contributed by atoms with E-state index in [4.69, 9.17) is 16.3 Å². The fourth-order valence-corrected chi connectivity index (χ4v) is 3.65. The lowest BCUT2D eigenvalue weighted by Crippen LogP contribution is -2.20. The van der Waals surface area contributed by atoms with Crippen molar-refractivity contribution in [1.29, 1.82) is 0 Å². The molecule has 0 unspecified atom stereocenters. The topological polar surface area (TPSA) is 95.6 Å². The summed E-state index contributed by atoms with van der Waals surface area (Å²) in [5.74, 6) is 0.571. The van der Waals surface area contributed by atoms with Crippen molar-refractivity contribution in [2.75, 3.05) is 11.9 Å². The lowest BCUT2D eigenvalue weighted by molar-refractivity contribution is 0.171. The van der Waals surface area contributed by atoms with Gasteiger partial charge in [-0.3, -0.25) is 4.98 Å². The van der Waals surface area contributed by atoms with Crippen LogP contribution < -0.4 is 10.1 Å². The molecule has 0 amide bonds. The van der Waals surface area contributed by atoms with Gasteiger partial charge in [0.05, 0.1) is 29.0 Å².